The number of hydrogen-bond acceptors (Lipinski definition) is 3. The molecular weight excluding hydrogens is 224 g/mol. The molecule has 0 spiro atoms. The van der Waals surface area contributed by atoms with Crippen LogP contribution in [0.1, 0.15) is 18.4 Å². The van der Waals surface area contributed by atoms with Gasteiger partial charge >= 0.3 is 0 Å². The Kier molecular flexibility index (Phi) is 3.04. The van der Waals surface area contributed by atoms with Crippen molar-refractivity contribution in [2.45, 2.75) is 24.9 Å². The predicted molar refractivity (Wildman–Crippen MR) is 74.0 cm³/mol. The highest BCUT2D eigenvalue weighted by Gasteiger charge is 2.40. The Bertz CT molecular complexity index is 420. The summed E-state index contributed by atoms with van der Waals surface area (Å²) < 4.78 is 0. The summed E-state index contributed by atoms with van der Waals surface area (Å²) in [4.78, 5) is 4.83. The van der Waals surface area contributed by atoms with E-state index in [1.54, 1.807) is 0 Å². The molecule has 1 aliphatic carbocycles. The van der Waals surface area contributed by atoms with Gasteiger partial charge in [-0.3, -0.25) is 0 Å². The number of hydrogen-bond donors (Lipinski definition) is 1. The lowest BCUT2D eigenvalue weighted by atomic mass is 10.0. The Morgan fingerprint density at radius 3 is 2.44 bits per heavy atom. The van der Waals surface area contributed by atoms with Crippen LogP contribution in [0.3, 0.4) is 0 Å². The predicted octanol–water partition coefficient (Wildman–Crippen LogP) is 1.51. The van der Waals surface area contributed by atoms with E-state index in [0.717, 1.165) is 45.4 Å². The minimum absolute atomic E-state index is 0.400. The Hall–Kier alpha value is -1.06. The molecule has 0 unspecified atom stereocenters. The van der Waals surface area contributed by atoms with Crippen molar-refractivity contribution in [2.24, 2.45) is 0 Å². The van der Waals surface area contributed by atoms with Gasteiger partial charge in [-0.25, -0.2) is 0 Å². The van der Waals surface area contributed by atoms with E-state index in [9.17, 15) is 5.11 Å². The fraction of sp³-hybridized carbons (Fsp3) is 0.600. The minimum Gasteiger partial charge on any atom is -0.390 e. The lowest BCUT2D eigenvalue weighted by Crippen LogP contribution is -2.44. The normalized spacial score (nSPS) is 23.1. The summed E-state index contributed by atoms with van der Waals surface area (Å²) in [5, 5.41) is 10.1. The van der Waals surface area contributed by atoms with Crippen molar-refractivity contribution >= 4 is 5.69 Å². The molecule has 1 aliphatic heterocycles. The lowest BCUT2D eigenvalue weighted by Gasteiger charge is -2.35. The van der Waals surface area contributed by atoms with Crippen molar-refractivity contribution in [1.82, 2.24) is 4.90 Å². The molecule has 0 amide bonds. The maximum absolute atomic E-state index is 10.1. The Morgan fingerprint density at radius 1 is 1.11 bits per heavy atom. The first kappa shape index (κ1) is 12.0. The van der Waals surface area contributed by atoms with Gasteiger partial charge in [0.2, 0.25) is 0 Å². The molecule has 1 aromatic carbocycles. The molecule has 1 heterocycles. The molecule has 3 rings (SSSR count). The summed E-state index contributed by atoms with van der Waals surface area (Å²) in [7, 11) is 2.18. The van der Waals surface area contributed by atoms with E-state index >= 15 is 0 Å². The molecule has 0 bridgehead atoms. The highest BCUT2D eigenvalue weighted by Crippen LogP contribution is 2.40. The van der Waals surface area contributed by atoms with E-state index in [1.807, 2.05) is 0 Å². The average molecular weight is 246 g/mol. The van der Waals surface area contributed by atoms with Gasteiger partial charge in [-0.2, -0.15) is 0 Å². The fourth-order valence-electron chi connectivity index (χ4n) is 2.69. The van der Waals surface area contributed by atoms with Gasteiger partial charge in [-0.1, -0.05) is 18.2 Å². The zero-order chi connectivity index (χ0) is 12.6. The van der Waals surface area contributed by atoms with Crippen molar-refractivity contribution < 1.29 is 5.11 Å². The number of rotatable bonds is 3. The third kappa shape index (κ3) is 2.52. The number of nitrogens with zero attached hydrogens (tertiary/aromatic N) is 2. The van der Waals surface area contributed by atoms with Crippen LogP contribution in [0.25, 0.3) is 0 Å². The number of aliphatic hydroxyl groups is 1. The third-order valence-electron chi connectivity index (χ3n) is 4.18. The summed E-state index contributed by atoms with van der Waals surface area (Å²) in [5.74, 6) is 0. The molecule has 0 atom stereocenters. The van der Waals surface area contributed by atoms with Crippen LogP contribution in [0.15, 0.2) is 24.3 Å². The standard InChI is InChI=1S/C15H22N2O/c1-16-8-10-17(11-9-16)14-5-3-2-4-13(14)12-15(18)6-7-15/h2-5,18H,6-12H2,1H3. The zero-order valence-corrected chi connectivity index (χ0v) is 11.1. The molecule has 3 nitrogen and oxygen atoms in total. The molecule has 2 fully saturated rings. The van der Waals surface area contributed by atoms with Crippen molar-refractivity contribution in [3.63, 3.8) is 0 Å². The Labute approximate surface area is 109 Å². The monoisotopic (exact) mass is 246 g/mol. The molecule has 1 aromatic rings. The summed E-state index contributed by atoms with van der Waals surface area (Å²) in [6, 6.07) is 8.56. The zero-order valence-electron chi connectivity index (χ0n) is 11.1. The van der Waals surface area contributed by atoms with Gasteiger partial charge in [0, 0.05) is 38.3 Å². The van der Waals surface area contributed by atoms with E-state index in [1.165, 1.54) is 11.3 Å². The molecular formula is C15H22N2O. The summed E-state index contributed by atoms with van der Waals surface area (Å²) in [5.41, 5.74) is 2.23. The van der Waals surface area contributed by atoms with E-state index in [0.29, 0.717) is 0 Å². The van der Waals surface area contributed by atoms with Crippen LogP contribution in [0, 0.1) is 0 Å². The van der Waals surface area contributed by atoms with Crippen molar-refractivity contribution in [2.75, 3.05) is 38.1 Å². The molecule has 1 saturated heterocycles. The van der Waals surface area contributed by atoms with Crippen LogP contribution in [0.4, 0.5) is 5.69 Å². The lowest BCUT2D eigenvalue weighted by molar-refractivity contribution is 0.151. The second-order valence-corrected chi connectivity index (χ2v) is 5.82. The van der Waals surface area contributed by atoms with Gasteiger partial charge in [0.1, 0.15) is 0 Å². The fourth-order valence-corrected chi connectivity index (χ4v) is 2.69. The molecule has 1 saturated carbocycles. The van der Waals surface area contributed by atoms with Gasteiger partial charge in [0.25, 0.3) is 0 Å². The van der Waals surface area contributed by atoms with Crippen molar-refractivity contribution in [3.8, 4) is 0 Å². The summed E-state index contributed by atoms with van der Waals surface area (Å²) in [6.45, 7) is 4.43. The molecule has 0 aromatic heterocycles. The Balaban J connectivity index is 1.78. The van der Waals surface area contributed by atoms with Crippen LogP contribution in [0.2, 0.25) is 0 Å². The maximum Gasteiger partial charge on any atom is 0.0690 e. The number of piperazine rings is 1. The van der Waals surface area contributed by atoms with Crippen molar-refractivity contribution in [3.05, 3.63) is 29.8 Å². The van der Waals surface area contributed by atoms with Gasteiger partial charge in [-0.15, -0.1) is 0 Å². The SMILES string of the molecule is CN1CCN(c2ccccc2CC2(O)CC2)CC1. The molecule has 3 heteroatoms. The first-order valence-electron chi connectivity index (χ1n) is 6.90. The summed E-state index contributed by atoms with van der Waals surface area (Å²) in [6.07, 6.45) is 2.74. The maximum atomic E-state index is 10.1. The van der Waals surface area contributed by atoms with Crippen LogP contribution in [-0.4, -0.2) is 48.8 Å². The number of anilines is 1. The van der Waals surface area contributed by atoms with E-state index in [2.05, 4.69) is 41.1 Å². The molecule has 98 valence electrons. The molecule has 0 radical (unpaired) electrons. The average Bonchev–Trinajstić information content (AvgIpc) is 3.09. The smallest absolute Gasteiger partial charge is 0.0690 e. The Morgan fingerprint density at radius 2 is 1.78 bits per heavy atom. The van der Waals surface area contributed by atoms with Crippen LogP contribution in [-0.2, 0) is 6.42 Å². The molecule has 2 aliphatic rings. The largest absolute Gasteiger partial charge is 0.390 e. The van der Waals surface area contributed by atoms with E-state index in [4.69, 9.17) is 0 Å². The van der Waals surface area contributed by atoms with Gasteiger partial charge in [0.15, 0.2) is 0 Å². The second kappa shape index (κ2) is 4.56. The highest BCUT2D eigenvalue weighted by molar-refractivity contribution is 5.54. The van der Waals surface area contributed by atoms with E-state index < -0.39 is 5.60 Å². The molecule has 18 heavy (non-hydrogen) atoms. The van der Waals surface area contributed by atoms with Gasteiger partial charge in [-0.05, 0) is 31.5 Å². The quantitative estimate of drug-likeness (QED) is 0.875. The van der Waals surface area contributed by atoms with E-state index in [-0.39, 0.29) is 0 Å². The molecule has 1 N–H and O–H groups in total. The van der Waals surface area contributed by atoms with Gasteiger partial charge in [0.05, 0.1) is 5.60 Å². The van der Waals surface area contributed by atoms with Crippen LogP contribution < -0.4 is 4.90 Å². The first-order chi connectivity index (χ1) is 8.66. The summed E-state index contributed by atoms with van der Waals surface area (Å²) >= 11 is 0. The number of likely N-dealkylation sites (N-methyl/N-ethyl adjacent to an activating group) is 1. The third-order valence-corrected chi connectivity index (χ3v) is 4.18. The van der Waals surface area contributed by atoms with Crippen LogP contribution >= 0.6 is 0 Å². The minimum atomic E-state index is -0.400. The van der Waals surface area contributed by atoms with Gasteiger partial charge < -0.3 is 14.9 Å². The van der Waals surface area contributed by atoms with Crippen molar-refractivity contribution in [1.29, 1.82) is 0 Å². The number of benzene rings is 1. The number of para-hydroxylation sites is 1. The second-order valence-electron chi connectivity index (χ2n) is 5.82. The highest BCUT2D eigenvalue weighted by atomic mass is 16.3. The topological polar surface area (TPSA) is 26.7 Å². The first-order valence-corrected chi connectivity index (χ1v) is 6.90. The van der Waals surface area contributed by atoms with Crippen LogP contribution in [0.5, 0.6) is 0 Å².